The van der Waals surface area contributed by atoms with Crippen molar-refractivity contribution in [2.75, 3.05) is 26.2 Å². The first-order valence-corrected chi connectivity index (χ1v) is 9.14. The number of halogens is 2. The zero-order valence-corrected chi connectivity index (χ0v) is 15.4. The van der Waals surface area contributed by atoms with Crippen molar-refractivity contribution in [1.82, 2.24) is 14.8 Å². The summed E-state index contributed by atoms with van der Waals surface area (Å²) in [6.45, 7) is 9.11. The fourth-order valence-electron chi connectivity index (χ4n) is 2.98. The number of aryl methyl sites for hydroxylation is 1. The van der Waals surface area contributed by atoms with Crippen molar-refractivity contribution < 1.29 is 13.6 Å². The number of carbonyl (C=O) groups is 1. The van der Waals surface area contributed by atoms with Crippen LogP contribution in [0, 0.1) is 18.6 Å². The Balaban J connectivity index is 1.79. The molecule has 0 aliphatic carbocycles. The third kappa shape index (κ3) is 3.88. The lowest BCUT2D eigenvalue weighted by molar-refractivity contribution is 0.0599. The summed E-state index contributed by atoms with van der Waals surface area (Å²) in [4.78, 5) is 21.9. The van der Waals surface area contributed by atoms with Gasteiger partial charge in [0.15, 0.2) is 0 Å². The zero-order chi connectivity index (χ0) is 18.1. The van der Waals surface area contributed by atoms with E-state index in [-0.39, 0.29) is 5.91 Å². The Labute approximate surface area is 150 Å². The molecule has 2 aromatic rings. The number of hydrogen-bond acceptors (Lipinski definition) is 4. The van der Waals surface area contributed by atoms with Gasteiger partial charge in [-0.25, -0.2) is 13.8 Å². The van der Waals surface area contributed by atoms with Crippen molar-refractivity contribution >= 4 is 17.2 Å². The molecule has 1 saturated heterocycles. The molecule has 4 nitrogen and oxygen atoms in total. The van der Waals surface area contributed by atoms with Crippen LogP contribution in [0.3, 0.4) is 0 Å². The Kier molecular flexibility index (Phi) is 5.15. The van der Waals surface area contributed by atoms with Gasteiger partial charge in [0, 0.05) is 43.9 Å². The minimum absolute atomic E-state index is 0.0541. The predicted octanol–water partition coefficient (Wildman–Crippen LogP) is 3.56. The largest absolute Gasteiger partial charge is 0.335 e. The van der Waals surface area contributed by atoms with Gasteiger partial charge in [-0.1, -0.05) is 0 Å². The Morgan fingerprint density at radius 2 is 1.72 bits per heavy atom. The van der Waals surface area contributed by atoms with Gasteiger partial charge in [0.05, 0.1) is 5.69 Å². The summed E-state index contributed by atoms with van der Waals surface area (Å²) in [7, 11) is 0. The minimum atomic E-state index is -0.652. The molecule has 1 fully saturated rings. The summed E-state index contributed by atoms with van der Waals surface area (Å²) in [5, 5.41) is 0.458. The standard InChI is InChI=1S/C18H21F2N3OS/c1-11(2)22-4-6-23(7-5-22)18(24)16-12(3)21-17(25-16)13-8-14(19)10-15(20)9-13/h8-11H,4-7H2,1-3H3. The highest BCUT2D eigenvalue weighted by molar-refractivity contribution is 7.17. The molecule has 7 heteroatoms. The van der Waals surface area contributed by atoms with Crippen LogP contribution in [0.2, 0.25) is 0 Å². The molecule has 0 atom stereocenters. The van der Waals surface area contributed by atoms with Crippen LogP contribution in [0.15, 0.2) is 18.2 Å². The molecule has 0 spiro atoms. The average molecular weight is 365 g/mol. The van der Waals surface area contributed by atoms with Crippen LogP contribution < -0.4 is 0 Å². The van der Waals surface area contributed by atoms with E-state index in [1.165, 1.54) is 23.5 Å². The second-order valence-electron chi connectivity index (χ2n) is 6.51. The van der Waals surface area contributed by atoms with Gasteiger partial charge in [-0.3, -0.25) is 9.69 Å². The normalized spacial score (nSPS) is 15.8. The number of thiazole rings is 1. The molecule has 3 rings (SSSR count). The number of nitrogens with zero attached hydrogens (tertiary/aromatic N) is 3. The molecule has 0 bridgehead atoms. The number of benzene rings is 1. The van der Waals surface area contributed by atoms with Crippen molar-refractivity contribution in [3.8, 4) is 10.6 Å². The van der Waals surface area contributed by atoms with E-state index in [0.29, 0.717) is 40.3 Å². The molecule has 0 radical (unpaired) electrons. The van der Waals surface area contributed by atoms with Crippen LogP contribution in [0.25, 0.3) is 10.6 Å². The second kappa shape index (κ2) is 7.17. The van der Waals surface area contributed by atoms with Crippen LogP contribution >= 0.6 is 11.3 Å². The summed E-state index contributed by atoms with van der Waals surface area (Å²) in [5.74, 6) is -1.36. The second-order valence-corrected chi connectivity index (χ2v) is 7.51. The SMILES string of the molecule is Cc1nc(-c2cc(F)cc(F)c2)sc1C(=O)N1CCN(C(C)C)CC1. The van der Waals surface area contributed by atoms with E-state index in [2.05, 4.69) is 23.7 Å². The lowest BCUT2D eigenvalue weighted by Gasteiger charge is -2.36. The van der Waals surface area contributed by atoms with E-state index in [4.69, 9.17) is 0 Å². The van der Waals surface area contributed by atoms with Crippen molar-refractivity contribution in [2.45, 2.75) is 26.8 Å². The Morgan fingerprint density at radius 1 is 1.12 bits per heavy atom. The molecule has 1 aromatic carbocycles. The first-order valence-electron chi connectivity index (χ1n) is 8.32. The number of rotatable bonds is 3. The number of amides is 1. The molecule has 1 amide bonds. The zero-order valence-electron chi connectivity index (χ0n) is 14.6. The van der Waals surface area contributed by atoms with Crippen LogP contribution in [0.1, 0.15) is 29.2 Å². The highest BCUT2D eigenvalue weighted by Gasteiger charge is 2.26. The third-order valence-corrected chi connectivity index (χ3v) is 5.63. The van der Waals surface area contributed by atoms with Gasteiger partial charge in [0.25, 0.3) is 5.91 Å². The van der Waals surface area contributed by atoms with Crippen LogP contribution in [-0.2, 0) is 0 Å². The molecule has 0 saturated carbocycles. The van der Waals surface area contributed by atoms with E-state index >= 15 is 0 Å². The Bertz CT molecular complexity index is 762. The third-order valence-electron chi connectivity index (χ3n) is 4.43. The number of aromatic nitrogens is 1. The Hall–Kier alpha value is -1.86. The van der Waals surface area contributed by atoms with Gasteiger partial charge in [-0.2, -0.15) is 0 Å². The molecule has 1 aromatic heterocycles. The van der Waals surface area contributed by atoms with Crippen molar-refractivity contribution in [2.24, 2.45) is 0 Å². The highest BCUT2D eigenvalue weighted by Crippen LogP contribution is 2.30. The van der Waals surface area contributed by atoms with E-state index in [9.17, 15) is 13.6 Å². The number of piperazine rings is 1. The van der Waals surface area contributed by atoms with Crippen LogP contribution in [-0.4, -0.2) is 52.9 Å². The smallest absolute Gasteiger partial charge is 0.265 e. The number of hydrogen-bond donors (Lipinski definition) is 0. The number of carbonyl (C=O) groups excluding carboxylic acids is 1. The molecule has 0 N–H and O–H groups in total. The van der Waals surface area contributed by atoms with Crippen LogP contribution in [0.4, 0.5) is 8.78 Å². The monoisotopic (exact) mass is 365 g/mol. The average Bonchev–Trinajstić information content (AvgIpc) is 2.95. The lowest BCUT2D eigenvalue weighted by atomic mass is 10.2. The van der Waals surface area contributed by atoms with Gasteiger partial charge < -0.3 is 4.90 Å². The van der Waals surface area contributed by atoms with Crippen LogP contribution in [0.5, 0.6) is 0 Å². The topological polar surface area (TPSA) is 36.4 Å². The molecule has 1 aliphatic heterocycles. The predicted molar refractivity (Wildman–Crippen MR) is 94.8 cm³/mol. The van der Waals surface area contributed by atoms with Crippen molar-refractivity contribution in [3.63, 3.8) is 0 Å². The summed E-state index contributed by atoms with van der Waals surface area (Å²) >= 11 is 1.19. The lowest BCUT2D eigenvalue weighted by Crippen LogP contribution is -2.50. The van der Waals surface area contributed by atoms with Crippen molar-refractivity contribution in [1.29, 1.82) is 0 Å². The summed E-state index contributed by atoms with van der Waals surface area (Å²) in [6.07, 6.45) is 0. The minimum Gasteiger partial charge on any atom is -0.335 e. The summed E-state index contributed by atoms with van der Waals surface area (Å²) in [5.41, 5.74) is 0.954. The van der Waals surface area contributed by atoms with Crippen molar-refractivity contribution in [3.05, 3.63) is 40.4 Å². The van der Waals surface area contributed by atoms with E-state index < -0.39 is 11.6 Å². The molecule has 25 heavy (non-hydrogen) atoms. The first-order chi connectivity index (χ1) is 11.8. The van der Waals surface area contributed by atoms with Gasteiger partial charge >= 0.3 is 0 Å². The highest BCUT2D eigenvalue weighted by atomic mass is 32.1. The maximum Gasteiger partial charge on any atom is 0.265 e. The quantitative estimate of drug-likeness (QED) is 0.834. The van der Waals surface area contributed by atoms with E-state index in [0.717, 1.165) is 19.2 Å². The van der Waals surface area contributed by atoms with E-state index in [1.54, 1.807) is 6.92 Å². The molecule has 1 aliphatic rings. The molecule has 2 heterocycles. The van der Waals surface area contributed by atoms with Gasteiger partial charge in [-0.05, 0) is 32.9 Å². The molecule has 0 unspecified atom stereocenters. The van der Waals surface area contributed by atoms with Gasteiger partial charge in [-0.15, -0.1) is 11.3 Å². The summed E-state index contributed by atoms with van der Waals surface area (Å²) in [6, 6.07) is 3.76. The maximum atomic E-state index is 13.4. The molecular formula is C18H21F2N3OS. The molecule has 134 valence electrons. The van der Waals surface area contributed by atoms with Gasteiger partial charge in [0.2, 0.25) is 0 Å². The molecular weight excluding hydrogens is 344 g/mol. The summed E-state index contributed by atoms with van der Waals surface area (Å²) < 4.78 is 26.9. The fourth-order valence-corrected chi connectivity index (χ4v) is 4.00. The maximum absolute atomic E-state index is 13.4. The Morgan fingerprint density at radius 3 is 2.28 bits per heavy atom. The fraction of sp³-hybridized carbons (Fsp3) is 0.444. The van der Waals surface area contributed by atoms with E-state index in [1.807, 2.05) is 4.90 Å². The van der Waals surface area contributed by atoms with Gasteiger partial charge in [0.1, 0.15) is 21.5 Å². The first kappa shape index (κ1) is 17.9.